The highest BCUT2D eigenvalue weighted by atomic mass is 35.5. The van der Waals surface area contributed by atoms with Gasteiger partial charge in [-0.1, -0.05) is 12.1 Å². The van der Waals surface area contributed by atoms with E-state index in [1.54, 1.807) is 4.57 Å². The molecule has 1 N–H and O–H groups in total. The molecule has 86 valence electrons. The highest BCUT2D eigenvalue weighted by Crippen LogP contribution is 2.12. The Labute approximate surface area is 97.7 Å². The molecule has 0 radical (unpaired) electrons. The summed E-state index contributed by atoms with van der Waals surface area (Å²) in [5, 5.41) is 9.18. The molecule has 5 heteroatoms. The molecule has 0 bridgehead atoms. The maximum absolute atomic E-state index is 11.9. The summed E-state index contributed by atoms with van der Waals surface area (Å²) in [6.07, 6.45) is 0.737. The smallest absolute Gasteiger partial charge is 0.331 e. The van der Waals surface area contributed by atoms with E-state index in [2.05, 4.69) is 0 Å². The van der Waals surface area contributed by atoms with E-state index in [1.165, 1.54) is 4.57 Å². The van der Waals surface area contributed by atoms with Crippen LogP contribution in [0.5, 0.6) is 0 Å². The second-order valence-electron chi connectivity index (χ2n) is 3.53. The van der Waals surface area contributed by atoms with Gasteiger partial charge in [-0.25, -0.2) is 4.79 Å². The first-order valence-electron chi connectivity index (χ1n) is 5.14. The molecular formula is C11H13ClN2O2. The summed E-state index contributed by atoms with van der Waals surface area (Å²) in [5.74, 6) is 0.519. The lowest BCUT2D eigenvalue weighted by Crippen LogP contribution is -2.24. The van der Waals surface area contributed by atoms with Crippen LogP contribution in [0.4, 0.5) is 0 Å². The molecule has 2 rings (SSSR count). The molecule has 0 spiro atoms. The summed E-state index contributed by atoms with van der Waals surface area (Å²) in [5.41, 5.74) is 1.41. The topological polar surface area (TPSA) is 47.2 Å². The van der Waals surface area contributed by atoms with Gasteiger partial charge >= 0.3 is 5.69 Å². The minimum Gasteiger partial charge on any atom is -0.376 e. The third kappa shape index (κ3) is 1.74. The van der Waals surface area contributed by atoms with E-state index in [9.17, 15) is 9.90 Å². The van der Waals surface area contributed by atoms with Crippen LogP contribution in [0.2, 0.25) is 0 Å². The van der Waals surface area contributed by atoms with Crippen molar-refractivity contribution in [1.29, 1.82) is 0 Å². The van der Waals surface area contributed by atoms with Gasteiger partial charge in [0.05, 0.1) is 11.0 Å². The molecule has 0 saturated carbocycles. The van der Waals surface area contributed by atoms with Gasteiger partial charge in [-0.2, -0.15) is 0 Å². The van der Waals surface area contributed by atoms with Crippen LogP contribution in [0.3, 0.4) is 0 Å². The van der Waals surface area contributed by atoms with Gasteiger partial charge in [-0.15, -0.1) is 11.6 Å². The average Bonchev–Trinajstić information content (AvgIpc) is 2.58. The van der Waals surface area contributed by atoms with E-state index >= 15 is 0 Å². The maximum atomic E-state index is 11.9. The average molecular weight is 241 g/mol. The molecule has 0 atom stereocenters. The summed E-state index contributed by atoms with van der Waals surface area (Å²) in [4.78, 5) is 11.9. The number of alkyl halides is 1. The second-order valence-corrected chi connectivity index (χ2v) is 3.91. The Morgan fingerprint density at radius 1 is 1.19 bits per heavy atom. The largest absolute Gasteiger partial charge is 0.376 e. The Bertz CT molecular complexity index is 544. The van der Waals surface area contributed by atoms with E-state index in [0.29, 0.717) is 12.4 Å². The summed E-state index contributed by atoms with van der Waals surface area (Å²) >= 11 is 5.62. The minimum atomic E-state index is -0.298. The molecule has 0 aliphatic rings. The van der Waals surface area contributed by atoms with E-state index in [0.717, 1.165) is 17.5 Å². The van der Waals surface area contributed by atoms with Crippen molar-refractivity contribution >= 4 is 22.6 Å². The number of para-hydroxylation sites is 2. The number of rotatable bonds is 4. The zero-order valence-corrected chi connectivity index (χ0v) is 9.52. The Morgan fingerprint density at radius 2 is 1.81 bits per heavy atom. The normalized spacial score (nSPS) is 11.1. The number of aryl methyl sites for hydroxylation is 1. The van der Waals surface area contributed by atoms with Gasteiger partial charge in [0.25, 0.3) is 0 Å². The molecule has 0 fully saturated rings. The van der Waals surface area contributed by atoms with E-state index < -0.39 is 0 Å². The van der Waals surface area contributed by atoms with Crippen molar-refractivity contribution in [2.24, 2.45) is 0 Å². The van der Waals surface area contributed by atoms with Gasteiger partial charge in [-0.3, -0.25) is 9.13 Å². The number of hydrogen-bond donors (Lipinski definition) is 1. The quantitative estimate of drug-likeness (QED) is 0.821. The van der Waals surface area contributed by atoms with Crippen LogP contribution < -0.4 is 5.69 Å². The fraction of sp³-hybridized carbons (Fsp3) is 0.364. The third-order valence-electron chi connectivity index (χ3n) is 2.58. The molecule has 0 aliphatic carbocycles. The van der Waals surface area contributed by atoms with Crippen molar-refractivity contribution in [3.05, 3.63) is 34.7 Å². The number of aliphatic hydroxyl groups is 1. The molecule has 0 saturated heterocycles. The lowest BCUT2D eigenvalue weighted by Gasteiger charge is -1.99. The SMILES string of the molecule is O=c1n(CO)c2ccccc2n1CCCCl. The van der Waals surface area contributed by atoms with Gasteiger partial charge in [0.15, 0.2) is 0 Å². The Morgan fingerprint density at radius 3 is 2.38 bits per heavy atom. The summed E-state index contributed by atoms with van der Waals surface area (Å²) in [7, 11) is 0. The van der Waals surface area contributed by atoms with Crippen LogP contribution in [0.25, 0.3) is 11.0 Å². The first kappa shape index (κ1) is 11.2. The number of aliphatic hydroxyl groups excluding tert-OH is 1. The number of hydrogen-bond acceptors (Lipinski definition) is 2. The van der Waals surface area contributed by atoms with Gasteiger partial charge in [0, 0.05) is 12.4 Å². The molecule has 4 nitrogen and oxygen atoms in total. The van der Waals surface area contributed by atoms with Gasteiger partial charge in [0.2, 0.25) is 0 Å². The first-order chi connectivity index (χ1) is 7.79. The number of aromatic nitrogens is 2. The van der Waals surface area contributed by atoms with Gasteiger partial charge < -0.3 is 5.11 Å². The lowest BCUT2D eigenvalue weighted by molar-refractivity contribution is 0.209. The molecule has 0 amide bonds. The zero-order chi connectivity index (χ0) is 11.5. The predicted molar refractivity (Wildman–Crippen MR) is 63.8 cm³/mol. The highest BCUT2D eigenvalue weighted by Gasteiger charge is 2.10. The van der Waals surface area contributed by atoms with Crippen molar-refractivity contribution in [2.75, 3.05) is 5.88 Å². The van der Waals surface area contributed by atoms with Crippen molar-refractivity contribution in [3.8, 4) is 0 Å². The molecule has 2 aromatic rings. The number of imidazole rings is 1. The molecular weight excluding hydrogens is 228 g/mol. The van der Waals surface area contributed by atoms with Crippen LogP contribution >= 0.6 is 11.6 Å². The maximum Gasteiger partial charge on any atom is 0.331 e. The molecule has 0 unspecified atom stereocenters. The zero-order valence-electron chi connectivity index (χ0n) is 8.77. The predicted octanol–water partition coefficient (Wildman–Crippen LogP) is 1.38. The van der Waals surface area contributed by atoms with Crippen molar-refractivity contribution in [1.82, 2.24) is 9.13 Å². The Balaban J connectivity index is 2.63. The number of halogens is 1. The first-order valence-corrected chi connectivity index (χ1v) is 5.68. The van der Waals surface area contributed by atoms with Crippen LogP contribution in [-0.2, 0) is 13.3 Å². The Hall–Kier alpha value is -1.26. The van der Waals surface area contributed by atoms with Crippen molar-refractivity contribution in [3.63, 3.8) is 0 Å². The minimum absolute atomic E-state index is 0.186. The van der Waals surface area contributed by atoms with Gasteiger partial charge in [0.1, 0.15) is 6.73 Å². The molecule has 16 heavy (non-hydrogen) atoms. The van der Waals surface area contributed by atoms with E-state index in [1.807, 2.05) is 24.3 Å². The number of nitrogens with zero attached hydrogens (tertiary/aromatic N) is 2. The summed E-state index contributed by atoms with van der Waals surface area (Å²) < 4.78 is 3.00. The molecule has 1 aromatic heterocycles. The van der Waals surface area contributed by atoms with Crippen LogP contribution in [-0.4, -0.2) is 20.1 Å². The van der Waals surface area contributed by atoms with Crippen LogP contribution in [0.1, 0.15) is 6.42 Å². The highest BCUT2D eigenvalue weighted by molar-refractivity contribution is 6.17. The van der Waals surface area contributed by atoms with Crippen molar-refractivity contribution in [2.45, 2.75) is 19.7 Å². The van der Waals surface area contributed by atoms with Crippen LogP contribution in [0.15, 0.2) is 29.1 Å². The number of fused-ring (bicyclic) bond motifs is 1. The van der Waals surface area contributed by atoms with E-state index in [-0.39, 0.29) is 12.4 Å². The molecule has 1 heterocycles. The fourth-order valence-electron chi connectivity index (χ4n) is 1.84. The standard InChI is InChI=1S/C11H13ClN2O2/c12-6-3-7-13-9-4-1-2-5-10(9)14(8-15)11(13)16/h1-2,4-5,15H,3,6-8H2. The fourth-order valence-corrected chi connectivity index (χ4v) is 1.96. The second kappa shape index (κ2) is 4.72. The molecule has 0 aliphatic heterocycles. The molecule has 1 aromatic carbocycles. The van der Waals surface area contributed by atoms with E-state index in [4.69, 9.17) is 11.6 Å². The van der Waals surface area contributed by atoms with Crippen LogP contribution in [0, 0.1) is 0 Å². The van der Waals surface area contributed by atoms with Gasteiger partial charge in [-0.05, 0) is 18.6 Å². The summed E-state index contributed by atoms with van der Waals surface area (Å²) in [6.45, 7) is 0.281. The monoisotopic (exact) mass is 240 g/mol. The van der Waals surface area contributed by atoms with Crippen molar-refractivity contribution < 1.29 is 5.11 Å². The Kier molecular flexibility index (Phi) is 3.31. The lowest BCUT2D eigenvalue weighted by atomic mass is 10.3. The number of benzene rings is 1. The third-order valence-corrected chi connectivity index (χ3v) is 2.85. The summed E-state index contributed by atoms with van der Waals surface area (Å²) in [6, 6.07) is 7.42.